The van der Waals surface area contributed by atoms with E-state index >= 15 is 0 Å². The molecule has 1 aromatic carbocycles. The lowest BCUT2D eigenvalue weighted by molar-refractivity contribution is -0.115. The molecule has 13 heavy (non-hydrogen) atoms. The van der Waals surface area contributed by atoms with Crippen molar-refractivity contribution in [1.29, 1.82) is 0 Å². The van der Waals surface area contributed by atoms with Crippen molar-refractivity contribution in [2.24, 2.45) is 0 Å². The summed E-state index contributed by atoms with van der Waals surface area (Å²) in [5.74, 6) is -0.516. The second kappa shape index (κ2) is 4.70. The van der Waals surface area contributed by atoms with Crippen LogP contribution in [-0.4, -0.2) is 11.8 Å². The first-order valence-electron chi connectivity index (χ1n) is 3.45. The third-order valence-electron chi connectivity index (χ3n) is 1.39. The van der Waals surface area contributed by atoms with E-state index in [2.05, 4.69) is 0 Å². The van der Waals surface area contributed by atoms with E-state index in [1.807, 2.05) is 0 Å². The van der Waals surface area contributed by atoms with E-state index in [1.54, 1.807) is 24.3 Å². The Labute approximate surface area is 91.1 Å². The lowest BCUT2D eigenvalue weighted by Gasteiger charge is -2.11. The van der Waals surface area contributed by atoms with Crippen LogP contribution in [0.3, 0.4) is 0 Å². The number of amides is 1. The van der Waals surface area contributed by atoms with Crippen molar-refractivity contribution in [3.63, 3.8) is 0 Å². The maximum atomic E-state index is 11.0. The number of halogens is 3. The maximum Gasteiger partial charge on any atom is 0.256 e. The lowest BCUT2D eigenvalue weighted by atomic mass is 10.3. The van der Waals surface area contributed by atoms with Crippen LogP contribution in [0.5, 0.6) is 0 Å². The molecule has 2 nitrogen and oxygen atoms in total. The van der Waals surface area contributed by atoms with Crippen molar-refractivity contribution in [3.05, 3.63) is 29.3 Å². The van der Waals surface area contributed by atoms with E-state index in [1.165, 1.54) is 0 Å². The summed E-state index contributed by atoms with van der Waals surface area (Å²) in [4.78, 5) is 11.0. The van der Waals surface area contributed by atoms with Crippen molar-refractivity contribution in [1.82, 2.24) is 0 Å². The molecule has 5 heteroatoms. The first-order chi connectivity index (χ1) is 6.15. The highest BCUT2D eigenvalue weighted by atomic mass is 35.5. The Kier molecular flexibility index (Phi) is 3.85. The molecule has 1 rings (SSSR count). The SMILES string of the molecule is O=C(CCl)N(Cl)c1ccc(Cl)cc1. The molecular formula is C8H6Cl3NO. The summed E-state index contributed by atoms with van der Waals surface area (Å²) in [6.45, 7) is 0. The molecule has 0 radical (unpaired) electrons. The summed E-state index contributed by atoms with van der Waals surface area (Å²) in [6.07, 6.45) is 0. The zero-order chi connectivity index (χ0) is 9.84. The monoisotopic (exact) mass is 237 g/mol. The fourth-order valence-electron chi connectivity index (χ4n) is 0.768. The smallest absolute Gasteiger partial charge is 0.256 e. The number of anilines is 1. The number of benzene rings is 1. The molecule has 1 aromatic rings. The molecular weight excluding hydrogens is 232 g/mol. The van der Waals surface area contributed by atoms with Crippen LogP contribution in [0.4, 0.5) is 5.69 Å². The Hall–Kier alpha value is -0.440. The average Bonchev–Trinajstić information content (AvgIpc) is 2.17. The van der Waals surface area contributed by atoms with Crippen molar-refractivity contribution in [2.45, 2.75) is 0 Å². The van der Waals surface area contributed by atoms with Gasteiger partial charge in [0.1, 0.15) is 5.88 Å². The molecule has 0 saturated carbocycles. The molecule has 0 aromatic heterocycles. The van der Waals surface area contributed by atoms with E-state index in [4.69, 9.17) is 35.0 Å². The second-order valence-electron chi connectivity index (χ2n) is 2.28. The minimum Gasteiger partial charge on any atom is -0.272 e. The Morgan fingerprint density at radius 3 is 2.31 bits per heavy atom. The maximum absolute atomic E-state index is 11.0. The number of hydrogen-bond acceptors (Lipinski definition) is 1. The number of rotatable bonds is 2. The number of carbonyl (C=O) groups is 1. The van der Waals surface area contributed by atoms with Gasteiger partial charge in [0, 0.05) is 16.8 Å². The van der Waals surface area contributed by atoms with Gasteiger partial charge in [-0.05, 0) is 24.3 Å². The Balaban J connectivity index is 2.83. The van der Waals surface area contributed by atoms with Gasteiger partial charge >= 0.3 is 0 Å². The van der Waals surface area contributed by atoms with Gasteiger partial charge in [0.25, 0.3) is 5.91 Å². The molecule has 0 aliphatic heterocycles. The van der Waals surface area contributed by atoms with E-state index in [9.17, 15) is 4.79 Å². The fourth-order valence-corrected chi connectivity index (χ4v) is 1.25. The molecule has 0 unspecified atom stereocenters. The lowest BCUT2D eigenvalue weighted by Crippen LogP contribution is -2.21. The molecule has 0 bridgehead atoms. The largest absolute Gasteiger partial charge is 0.272 e. The minimum absolute atomic E-state index is 0.147. The predicted octanol–water partition coefficient (Wildman–Crippen LogP) is 3.07. The molecule has 0 N–H and O–H groups in total. The average molecular weight is 239 g/mol. The Morgan fingerprint density at radius 2 is 1.85 bits per heavy atom. The zero-order valence-electron chi connectivity index (χ0n) is 6.51. The van der Waals surface area contributed by atoms with E-state index in [0.29, 0.717) is 10.7 Å². The van der Waals surface area contributed by atoms with E-state index in [-0.39, 0.29) is 11.8 Å². The van der Waals surface area contributed by atoms with Crippen molar-refractivity contribution < 1.29 is 4.79 Å². The molecule has 70 valence electrons. The summed E-state index contributed by atoms with van der Waals surface area (Å²) in [7, 11) is 0. The molecule has 0 aliphatic carbocycles. The van der Waals surface area contributed by atoms with Gasteiger partial charge in [-0.25, -0.2) is 4.42 Å². The molecule has 0 saturated heterocycles. The number of carbonyl (C=O) groups excluding carboxylic acids is 1. The van der Waals surface area contributed by atoms with Crippen LogP contribution in [0.25, 0.3) is 0 Å². The first-order valence-corrected chi connectivity index (χ1v) is 4.70. The fraction of sp³-hybridized carbons (Fsp3) is 0.125. The molecule has 0 spiro atoms. The highest BCUT2D eigenvalue weighted by molar-refractivity contribution is 6.42. The van der Waals surface area contributed by atoms with E-state index in [0.717, 1.165) is 4.42 Å². The highest BCUT2D eigenvalue weighted by Crippen LogP contribution is 2.19. The zero-order valence-corrected chi connectivity index (χ0v) is 8.77. The van der Waals surface area contributed by atoms with Gasteiger partial charge in [0.15, 0.2) is 0 Å². The number of alkyl halides is 1. The van der Waals surface area contributed by atoms with Crippen molar-refractivity contribution in [2.75, 3.05) is 10.3 Å². The van der Waals surface area contributed by atoms with Crippen molar-refractivity contribution in [3.8, 4) is 0 Å². The quantitative estimate of drug-likeness (QED) is 0.573. The molecule has 1 amide bonds. The van der Waals surface area contributed by atoms with Crippen LogP contribution in [0.1, 0.15) is 0 Å². The Morgan fingerprint density at radius 1 is 1.31 bits per heavy atom. The molecule has 0 fully saturated rings. The van der Waals surface area contributed by atoms with Crippen molar-refractivity contribution >= 4 is 46.6 Å². The summed E-state index contributed by atoms with van der Waals surface area (Å²) in [6, 6.07) is 6.57. The molecule has 0 aliphatic rings. The Bertz CT molecular complexity index is 299. The van der Waals surface area contributed by atoms with Gasteiger partial charge in [0.05, 0.1) is 5.69 Å². The number of hydrogen-bond donors (Lipinski definition) is 0. The number of nitrogens with zero attached hydrogens (tertiary/aromatic N) is 1. The highest BCUT2D eigenvalue weighted by Gasteiger charge is 2.11. The third kappa shape index (κ3) is 2.76. The molecule has 0 heterocycles. The summed E-state index contributed by atoms with van der Waals surface area (Å²) in [5, 5.41) is 0.590. The topological polar surface area (TPSA) is 20.3 Å². The van der Waals surface area contributed by atoms with Crippen LogP contribution >= 0.6 is 35.0 Å². The standard InChI is InChI=1S/C8H6Cl3NO/c9-5-8(13)12(11)7-3-1-6(10)2-4-7/h1-4H,5H2. The van der Waals surface area contributed by atoms with Crippen LogP contribution in [-0.2, 0) is 4.79 Å². The van der Waals surface area contributed by atoms with Gasteiger partial charge in [-0.1, -0.05) is 11.6 Å². The summed E-state index contributed by atoms with van der Waals surface area (Å²) < 4.78 is 0.962. The second-order valence-corrected chi connectivity index (χ2v) is 3.33. The van der Waals surface area contributed by atoms with Crippen LogP contribution in [0, 0.1) is 0 Å². The van der Waals surface area contributed by atoms with Gasteiger partial charge in [-0.2, -0.15) is 0 Å². The van der Waals surface area contributed by atoms with Crippen LogP contribution in [0.15, 0.2) is 24.3 Å². The van der Waals surface area contributed by atoms with Gasteiger partial charge in [0.2, 0.25) is 0 Å². The van der Waals surface area contributed by atoms with Gasteiger partial charge < -0.3 is 0 Å². The minimum atomic E-state index is -0.370. The summed E-state index contributed by atoms with van der Waals surface area (Å²) in [5.41, 5.74) is 0.553. The normalized spacial score (nSPS) is 9.77. The predicted molar refractivity (Wildman–Crippen MR) is 55.5 cm³/mol. The van der Waals surface area contributed by atoms with Crippen LogP contribution in [0.2, 0.25) is 5.02 Å². The van der Waals surface area contributed by atoms with Crippen LogP contribution < -0.4 is 4.42 Å². The summed E-state index contributed by atoms with van der Waals surface area (Å²) >= 11 is 16.6. The third-order valence-corrected chi connectivity index (χ3v) is 2.25. The first kappa shape index (κ1) is 10.6. The van der Waals surface area contributed by atoms with Gasteiger partial charge in [-0.3, -0.25) is 4.79 Å². The van der Waals surface area contributed by atoms with E-state index < -0.39 is 0 Å². The molecule has 0 atom stereocenters. The van der Waals surface area contributed by atoms with Gasteiger partial charge in [-0.15, -0.1) is 11.6 Å².